The fraction of sp³-hybridized carbons (Fsp3) is 0.706. The van der Waals surface area contributed by atoms with Crippen molar-refractivity contribution in [3.05, 3.63) is 24.0 Å². The van der Waals surface area contributed by atoms with Gasteiger partial charge in [-0.1, -0.05) is 12.8 Å². The van der Waals surface area contributed by atoms with Gasteiger partial charge in [-0.05, 0) is 38.3 Å². The number of aliphatic hydroxyl groups is 1. The third kappa shape index (κ3) is 3.38. The highest BCUT2D eigenvalue weighted by molar-refractivity contribution is 5.42. The van der Waals surface area contributed by atoms with Crippen LogP contribution in [-0.4, -0.2) is 40.2 Å². The Labute approximate surface area is 127 Å². The number of aromatic nitrogens is 1. The number of fused-ring (bicyclic) bond motifs is 1. The van der Waals surface area contributed by atoms with Crippen LogP contribution < -0.4 is 5.32 Å². The van der Waals surface area contributed by atoms with Crippen LogP contribution in [0, 0.1) is 5.92 Å². The molecule has 21 heavy (non-hydrogen) atoms. The first kappa shape index (κ1) is 14.8. The summed E-state index contributed by atoms with van der Waals surface area (Å²) in [5.74, 6) is 0.456. The maximum absolute atomic E-state index is 10.7. The summed E-state index contributed by atoms with van der Waals surface area (Å²) in [7, 11) is 0. The van der Waals surface area contributed by atoms with E-state index in [2.05, 4.69) is 28.2 Å². The second kappa shape index (κ2) is 6.32. The van der Waals surface area contributed by atoms with Crippen LogP contribution in [0.15, 0.2) is 18.3 Å². The molecule has 1 saturated carbocycles. The lowest BCUT2D eigenvalue weighted by molar-refractivity contribution is -0.0969. The van der Waals surface area contributed by atoms with Crippen molar-refractivity contribution in [2.24, 2.45) is 5.92 Å². The Bertz CT molecular complexity index is 479. The predicted octanol–water partition coefficient (Wildman–Crippen LogP) is 2.64. The molecule has 1 aliphatic carbocycles. The third-order valence-electron chi connectivity index (χ3n) is 5.09. The number of nitrogens with zero attached hydrogens (tertiary/aromatic N) is 2. The lowest BCUT2D eigenvalue weighted by Gasteiger charge is -2.47. The quantitative estimate of drug-likeness (QED) is 0.894. The van der Waals surface area contributed by atoms with Crippen LogP contribution in [0.4, 0.5) is 5.69 Å². The van der Waals surface area contributed by atoms with E-state index in [9.17, 15) is 5.11 Å². The van der Waals surface area contributed by atoms with E-state index in [0.717, 1.165) is 50.4 Å². The number of likely N-dealkylation sites (tertiary alicyclic amines) is 1. The second-order valence-corrected chi connectivity index (χ2v) is 6.60. The molecule has 1 aromatic rings. The van der Waals surface area contributed by atoms with Crippen LogP contribution in [0.25, 0.3) is 0 Å². The van der Waals surface area contributed by atoms with Gasteiger partial charge in [0.15, 0.2) is 0 Å². The number of nitrogens with one attached hydrogen (secondary N) is 1. The molecular weight excluding hydrogens is 262 g/mol. The highest BCUT2D eigenvalue weighted by Crippen LogP contribution is 2.39. The van der Waals surface area contributed by atoms with Crippen molar-refractivity contribution in [2.75, 3.05) is 25.0 Å². The summed E-state index contributed by atoms with van der Waals surface area (Å²) >= 11 is 0. The van der Waals surface area contributed by atoms with Gasteiger partial charge in [-0.2, -0.15) is 0 Å². The smallest absolute Gasteiger partial charge is 0.0700 e. The minimum Gasteiger partial charge on any atom is -0.390 e. The molecule has 2 heterocycles. The predicted molar refractivity (Wildman–Crippen MR) is 85.2 cm³/mol. The Kier molecular flexibility index (Phi) is 4.45. The van der Waals surface area contributed by atoms with Gasteiger partial charge < -0.3 is 10.4 Å². The highest BCUT2D eigenvalue weighted by Gasteiger charge is 2.42. The highest BCUT2D eigenvalue weighted by atomic mass is 16.3. The normalized spacial score (nSPS) is 29.9. The van der Waals surface area contributed by atoms with Crippen molar-refractivity contribution >= 4 is 5.69 Å². The molecule has 3 rings (SSSR count). The van der Waals surface area contributed by atoms with Gasteiger partial charge in [0.1, 0.15) is 0 Å². The summed E-state index contributed by atoms with van der Waals surface area (Å²) < 4.78 is 0. The molecule has 2 fully saturated rings. The minimum absolute atomic E-state index is 0.381. The van der Waals surface area contributed by atoms with Crippen molar-refractivity contribution in [2.45, 2.75) is 51.2 Å². The van der Waals surface area contributed by atoms with E-state index < -0.39 is 0 Å². The SMILES string of the molecule is CCNc1ccnc(CN2CCC3(O)CCCCC3C2)c1. The standard InChI is InChI=1S/C17H27N3O/c1-2-18-15-6-9-19-16(11-15)13-20-10-8-17(21)7-4-3-5-14(17)12-20/h6,9,11,14,21H,2-5,7-8,10,12-13H2,1H3,(H,18,19). The zero-order valence-electron chi connectivity index (χ0n) is 13.0. The average Bonchev–Trinajstić information content (AvgIpc) is 2.48. The first-order chi connectivity index (χ1) is 10.2. The van der Waals surface area contributed by atoms with Crippen LogP contribution in [0.1, 0.15) is 44.7 Å². The van der Waals surface area contributed by atoms with E-state index in [1.807, 2.05) is 12.3 Å². The summed E-state index contributed by atoms with van der Waals surface area (Å²) in [5.41, 5.74) is 1.89. The third-order valence-corrected chi connectivity index (χ3v) is 5.09. The molecule has 2 N–H and O–H groups in total. The van der Waals surface area contributed by atoms with Crippen LogP contribution in [0.3, 0.4) is 0 Å². The van der Waals surface area contributed by atoms with Gasteiger partial charge in [-0.25, -0.2) is 0 Å². The van der Waals surface area contributed by atoms with Gasteiger partial charge in [0.05, 0.1) is 11.3 Å². The van der Waals surface area contributed by atoms with Crippen LogP contribution >= 0.6 is 0 Å². The zero-order valence-corrected chi connectivity index (χ0v) is 13.0. The molecule has 0 aromatic carbocycles. The van der Waals surface area contributed by atoms with Crippen molar-refractivity contribution in [1.29, 1.82) is 0 Å². The Morgan fingerprint density at radius 3 is 3.19 bits per heavy atom. The number of hydrogen-bond acceptors (Lipinski definition) is 4. The topological polar surface area (TPSA) is 48.4 Å². The second-order valence-electron chi connectivity index (χ2n) is 6.60. The Hall–Kier alpha value is -1.13. The van der Waals surface area contributed by atoms with E-state index in [0.29, 0.717) is 5.92 Å². The molecular formula is C17H27N3O. The molecule has 1 saturated heterocycles. The Morgan fingerprint density at radius 1 is 1.43 bits per heavy atom. The molecule has 1 aliphatic heterocycles. The van der Waals surface area contributed by atoms with Gasteiger partial charge in [0.25, 0.3) is 0 Å². The fourth-order valence-electron chi connectivity index (χ4n) is 3.89. The number of piperidine rings is 1. The number of pyridine rings is 1. The Balaban J connectivity index is 1.62. The molecule has 116 valence electrons. The van der Waals surface area contributed by atoms with Gasteiger partial charge in [0.2, 0.25) is 0 Å². The summed E-state index contributed by atoms with van der Waals surface area (Å²) in [4.78, 5) is 6.95. The monoisotopic (exact) mass is 289 g/mol. The van der Waals surface area contributed by atoms with Gasteiger partial charge in [-0.3, -0.25) is 9.88 Å². The average molecular weight is 289 g/mol. The molecule has 1 aromatic heterocycles. The largest absolute Gasteiger partial charge is 0.390 e. The van der Waals surface area contributed by atoms with E-state index in [-0.39, 0.29) is 5.60 Å². The van der Waals surface area contributed by atoms with Crippen molar-refractivity contribution in [1.82, 2.24) is 9.88 Å². The molecule has 4 nitrogen and oxygen atoms in total. The molecule has 4 heteroatoms. The van der Waals surface area contributed by atoms with Gasteiger partial charge in [-0.15, -0.1) is 0 Å². The van der Waals surface area contributed by atoms with Crippen molar-refractivity contribution in [3.63, 3.8) is 0 Å². The van der Waals surface area contributed by atoms with Crippen LogP contribution in [-0.2, 0) is 6.54 Å². The first-order valence-electron chi connectivity index (χ1n) is 8.33. The lowest BCUT2D eigenvalue weighted by atomic mass is 9.71. The first-order valence-corrected chi connectivity index (χ1v) is 8.33. The summed E-state index contributed by atoms with van der Waals surface area (Å²) in [5, 5.41) is 14.1. The van der Waals surface area contributed by atoms with Crippen molar-refractivity contribution in [3.8, 4) is 0 Å². The molecule has 0 bridgehead atoms. The molecule has 0 amide bonds. The Morgan fingerprint density at radius 2 is 2.33 bits per heavy atom. The van der Waals surface area contributed by atoms with Crippen LogP contribution in [0.2, 0.25) is 0 Å². The van der Waals surface area contributed by atoms with E-state index in [1.165, 1.54) is 19.3 Å². The number of hydrogen-bond donors (Lipinski definition) is 2. The van der Waals surface area contributed by atoms with Crippen LogP contribution in [0.5, 0.6) is 0 Å². The van der Waals surface area contributed by atoms with Gasteiger partial charge in [0, 0.05) is 44.0 Å². The molecule has 2 unspecified atom stereocenters. The number of anilines is 1. The summed E-state index contributed by atoms with van der Waals surface area (Å²) in [6, 6.07) is 4.16. The summed E-state index contributed by atoms with van der Waals surface area (Å²) in [6.07, 6.45) is 7.45. The van der Waals surface area contributed by atoms with Crippen molar-refractivity contribution < 1.29 is 5.11 Å². The maximum Gasteiger partial charge on any atom is 0.0700 e. The molecule has 0 spiro atoms. The lowest BCUT2D eigenvalue weighted by Crippen LogP contribution is -2.53. The summed E-state index contributed by atoms with van der Waals surface area (Å²) in [6.45, 7) is 5.94. The van der Waals surface area contributed by atoms with E-state index in [4.69, 9.17) is 0 Å². The molecule has 0 radical (unpaired) electrons. The maximum atomic E-state index is 10.7. The fourth-order valence-corrected chi connectivity index (χ4v) is 3.89. The number of rotatable bonds is 4. The minimum atomic E-state index is -0.381. The van der Waals surface area contributed by atoms with E-state index >= 15 is 0 Å². The van der Waals surface area contributed by atoms with Gasteiger partial charge >= 0.3 is 0 Å². The molecule has 2 aliphatic rings. The zero-order chi connectivity index (χ0) is 14.7. The van der Waals surface area contributed by atoms with E-state index in [1.54, 1.807) is 0 Å². The molecule has 2 atom stereocenters.